The van der Waals surface area contributed by atoms with Crippen molar-refractivity contribution in [2.75, 3.05) is 6.61 Å². The maximum absolute atomic E-state index is 11.9. The van der Waals surface area contributed by atoms with Crippen LogP contribution in [-0.2, 0) is 6.54 Å². The van der Waals surface area contributed by atoms with Crippen molar-refractivity contribution in [1.29, 1.82) is 0 Å². The lowest BCUT2D eigenvalue weighted by atomic mass is 10.2. The van der Waals surface area contributed by atoms with Gasteiger partial charge in [0.15, 0.2) is 0 Å². The molecule has 0 aliphatic rings. The molecule has 2 aromatic heterocycles. The summed E-state index contributed by atoms with van der Waals surface area (Å²) >= 11 is 1.33. The summed E-state index contributed by atoms with van der Waals surface area (Å²) in [5.41, 5.74) is 1.54. The van der Waals surface area contributed by atoms with Crippen molar-refractivity contribution in [2.24, 2.45) is 0 Å². The largest absolute Gasteiger partial charge is 0.472 e. The van der Waals surface area contributed by atoms with Crippen LogP contribution in [0.25, 0.3) is 0 Å². The monoisotopic (exact) mass is 261 g/mol. The van der Waals surface area contributed by atoms with Crippen LogP contribution in [0.15, 0.2) is 34.5 Å². The first-order valence-corrected chi connectivity index (χ1v) is 6.15. The van der Waals surface area contributed by atoms with Crippen LogP contribution in [-0.4, -0.2) is 17.6 Å². The number of hydrogen-bond donors (Lipinski definition) is 2. The fourth-order valence-corrected chi connectivity index (χ4v) is 2.14. The van der Waals surface area contributed by atoms with Crippen LogP contribution >= 0.6 is 11.3 Å². The molecule has 0 saturated carbocycles. The van der Waals surface area contributed by atoms with Crippen LogP contribution in [0.3, 0.4) is 0 Å². The number of hydrogen-bond acceptors (Lipinski definition) is 4. The number of nitrogens with one attached hydrogen (secondary N) is 1. The molecule has 0 atom stereocenters. The minimum atomic E-state index is -0.216. The van der Waals surface area contributed by atoms with Gasteiger partial charge in [-0.25, -0.2) is 0 Å². The van der Waals surface area contributed by atoms with Crippen LogP contribution in [0, 0.1) is 11.8 Å². The normalized spacial score (nSPS) is 9.61. The van der Waals surface area contributed by atoms with E-state index in [0.29, 0.717) is 17.0 Å². The molecular formula is C13H11NO3S. The molecule has 18 heavy (non-hydrogen) atoms. The van der Waals surface area contributed by atoms with Gasteiger partial charge in [0.05, 0.1) is 12.5 Å². The van der Waals surface area contributed by atoms with Gasteiger partial charge >= 0.3 is 0 Å². The molecule has 0 fully saturated rings. The Morgan fingerprint density at radius 2 is 2.39 bits per heavy atom. The van der Waals surface area contributed by atoms with Crippen LogP contribution < -0.4 is 5.32 Å². The zero-order valence-electron chi connectivity index (χ0n) is 9.47. The summed E-state index contributed by atoms with van der Waals surface area (Å²) in [7, 11) is 0. The first-order valence-electron chi connectivity index (χ1n) is 5.27. The molecule has 2 rings (SSSR count). The Kier molecular flexibility index (Phi) is 4.18. The summed E-state index contributed by atoms with van der Waals surface area (Å²) in [4.78, 5) is 12.5. The summed E-state index contributed by atoms with van der Waals surface area (Å²) in [6.45, 7) is 0.200. The van der Waals surface area contributed by atoms with Gasteiger partial charge in [-0.1, -0.05) is 11.8 Å². The molecule has 0 aromatic carbocycles. The lowest BCUT2D eigenvalue weighted by Crippen LogP contribution is -2.22. The van der Waals surface area contributed by atoms with Crippen molar-refractivity contribution < 1.29 is 14.3 Å². The van der Waals surface area contributed by atoms with E-state index in [1.807, 2.05) is 0 Å². The minimum Gasteiger partial charge on any atom is -0.472 e. The highest BCUT2D eigenvalue weighted by atomic mass is 32.1. The average Bonchev–Trinajstić information content (AvgIpc) is 3.04. The van der Waals surface area contributed by atoms with Gasteiger partial charge in [0.25, 0.3) is 5.91 Å². The Morgan fingerprint density at radius 3 is 3.11 bits per heavy atom. The second kappa shape index (κ2) is 6.05. The van der Waals surface area contributed by atoms with E-state index >= 15 is 0 Å². The van der Waals surface area contributed by atoms with Crippen molar-refractivity contribution in [3.05, 3.63) is 46.0 Å². The molecular weight excluding hydrogens is 250 g/mol. The van der Waals surface area contributed by atoms with Gasteiger partial charge in [0, 0.05) is 17.7 Å². The van der Waals surface area contributed by atoms with Crippen molar-refractivity contribution in [1.82, 2.24) is 5.32 Å². The molecule has 2 N–H and O–H groups in total. The fraction of sp³-hybridized carbons (Fsp3) is 0.154. The van der Waals surface area contributed by atoms with E-state index in [-0.39, 0.29) is 12.5 Å². The Balaban J connectivity index is 2.02. The smallest absolute Gasteiger partial charge is 0.262 e. The number of aliphatic hydroxyl groups excluding tert-OH is 1. The summed E-state index contributed by atoms with van der Waals surface area (Å²) in [5.74, 6) is 5.11. The molecule has 0 aliphatic carbocycles. The average molecular weight is 261 g/mol. The zero-order valence-corrected chi connectivity index (χ0v) is 10.3. The first kappa shape index (κ1) is 12.4. The molecule has 2 aromatic rings. The third kappa shape index (κ3) is 3.00. The maximum atomic E-state index is 11.9. The molecule has 2 heterocycles. The topological polar surface area (TPSA) is 62.5 Å². The number of carbonyl (C=O) groups excluding carboxylic acids is 1. The van der Waals surface area contributed by atoms with Gasteiger partial charge in [-0.2, -0.15) is 0 Å². The van der Waals surface area contributed by atoms with Crippen LogP contribution in [0.1, 0.15) is 20.8 Å². The zero-order chi connectivity index (χ0) is 12.8. The SMILES string of the molecule is O=C(NCc1ccoc1)c1sccc1C#CCO. The lowest BCUT2D eigenvalue weighted by Gasteiger charge is -2.01. The summed E-state index contributed by atoms with van der Waals surface area (Å²) < 4.78 is 4.92. The quantitative estimate of drug-likeness (QED) is 0.825. The molecule has 0 spiro atoms. The van der Waals surface area contributed by atoms with E-state index in [1.54, 1.807) is 30.0 Å². The van der Waals surface area contributed by atoms with E-state index in [2.05, 4.69) is 17.2 Å². The maximum Gasteiger partial charge on any atom is 0.262 e. The van der Waals surface area contributed by atoms with Gasteiger partial charge in [-0.3, -0.25) is 4.79 Å². The first-order chi connectivity index (χ1) is 8.81. The molecule has 1 amide bonds. The number of thiophene rings is 1. The van der Waals surface area contributed by atoms with Gasteiger partial charge in [0.2, 0.25) is 0 Å². The molecule has 0 bridgehead atoms. The molecule has 5 heteroatoms. The Hall–Kier alpha value is -2.03. The highest BCUT2D eigenvalue weighted by Crippen LogP contribution is 2.15. The third-order valence-corrected chi connectivity index (χ3v) is 3.12. The minimum absolute atomic E-state index is 0.173. The van der Waals surface area contributed by atoms with Crippen molar-refractivity contribution in [3.8, 4) is 11.8 Å². The van der Waals surface area contributed by atoms with Gasteiger partial charge in [-0.05, 0) is 17.5 Å². The molecule has 0 radical (unpaired) electrons. The van der Waals surface area contributed by atoms with Gasteiger partial charge in [-0.15, -0.1) is 11.3 Å². The second-order valence-corrected chi connectivity index (χ2v) is 4.35. The molecule has 0 saturated heterocycles. The fourth-order valence-electron chi connectivity index (χ4n) is 1.37. The number of aliphatic hydroxyl groups is 1. The van der Waals surface area contributed by atoms with E-state index in [0.717, 1.165) is 5.56 Å². The Labute approximate surface area is 108 Å². The van der Waals surface area contributed by atoms with Crippen molar-refractivity contribution >= 4 is 17.2 Å². The number of rotatable bonds is 3. The molecule has 92 valence electrons. The summed E-state index contributed by atoms with van der Waals surface area (Å²) in [6.07, 6.45) is 3.14. The van der Waals surface area contributed by atoms with Crippen LogP contribution in [0.2, 0.25) is 0 Å². The van der Waals surface area contributed by atoms with E-state index in [1.165, 1.54) is 11.3 Å². The number of carbonyl (C=O) groups is 1. The number of furan rings is 1. The van der Waals surface area contributed by atoms with E-state index in [9.17, 15) is 4.79 Å². The molecule has 0 unspecified atom stereocenters. The predicted molar refractivity (Wildman–Crippen MR) is 68.2 cm³/mol. The van der Waals surface area contributed by atoms with Crippen LogP contribution in [0.4, 0.5) is 0 Å². The summed E-state index contributed by atoms with van der Waals surface area (Å²) in [5, 5.41) is 13.2. The lowest BCUT2D eigenvalue weighted by molar-refractivity contribution is 0.0954. The highest BCUT2D eigenvalue weighted by molar-refractivity contribution is 7.12. The molecule has 0 aliphatic heterocycles. The van der Waals surface area contributed by atoms with Gasteiger partial charge in [0.1, 0.15) is 11.5 Å². The van der Waals surface area contributed by atoms with Gasteiger partial charge < -0.3 is 14.8 Å². The Bertz CT molecular complexity index is 575. The van der Waals surface area contributed by atoms with Crippen LogP contribution in [0.5, 0.6) is 0 Å². The second-order valence-electron chi connectivity index (χ2n) is 3.44. The third-order valence-electron chi connectivity index (χ3n) is 2.21. The standard InChI is InChI=1S/C13H11NO3S/c15-5-1-2-11-4-7-18-12(11)13(16)14-8-10-3-6-17-9-10/h3-4,6-7,9,15H,5,8H2,(H,14,16). The van der Waals surface area contributed by atoms with E-state index < -0.39 is 0 Å². The molecule has 4 nitrogen and oxygen atoms in total. The van der Waals surface area contributed by atoms with E-state index in [4.69, 9.17) is 9.52 Å². The summed E-state index contributed by atoms with van der Waals surface area (Å²) in [6, 6.07) is 3.56. The Morgan fingerprint density at radius 1 is 1.50 bits per heavy atom. The predicted octanol–water partition coefficient (Wildman–Crippen LogP) is 1.61. The highest BCUT2D eigenvalue weighted by Gasteiger charge is 2.11. The van der Waals surface area contributed by atoms with Crippen molar-refractivity contribution in [3.63, 3.8) is 0 Å². The number of amides is 1. The van der Waals surface area contributed by atoms with Crippen molar-refractivity contribution in [2.45, 2.75) is 6.54 Å².